The molecular formula is C24H27N5O5S. The Labute approximate surface area is 202 Å². The standard InChI is InChI=1S/C24H27N5O5S/c1-4-7-19(30)25-18-10-5-8-16(14-18)9-6-13-29-21-20(22(31)28(3)24(29)32)27(2)23(26-21)35(33,34)15-17-11-12-17/h5,8,10,14,17H,4,7,11-13,15H2,1-3H3,(H,25,30). The van der Waals surface area contributed by atoms with Crippen LogP contribution in [0.1, 0.15) is 38.2 Å². The molecule has 35 heavy (non-hydrogen) atoms. The van der Waals surface area contributed by atoms with Gasteiger partial charge in [-0.25, -0.2) is 13.2 Å². The highest BCUT2D eigenvalue weighted by atomic mass is 32.2. The summed E-state index contributed by atoms with van der Waals surface area (Å²) in [5.74, 6) is 5.85. The van der Waals surface area contributed by atoms with E-state index in [0.29, 0.717) is 17.7 Å². The number of carbonyl (C=O) groups excluding carboxylic acids is 1. The summed E-state index contributed by atoms with van der Waals surface area (Å²) in [6.07, 6.45) is 2.87. The molecule has 0 spiro atoms. The maximum atomic E-state index is 12.9. The number of hydrogen-bond donors (Lipinski definition) is 1. The number of nitrogens with zero attached hydrogens (tertiary/aromatic N) is 4. The Kier molecular flexibility index (Phi) is 6.67. The van der Waals surface area contributed by atoms with Crippen LogP contribution in [-0.4, -0.2) is 38.8 Å². The van der Waals surface area contributed by atoms with Crippen LogP contribution in [0.25, 0.3) is 11.2 Å². The Morgan fingerprint density at radius 1 is 1.20 bits per heavy atom. The third-order valence-corrected chi connectivity index (χ3v) is 7.67. The molecule has 1 aromatic carbocycles. The SMILES string of the molecule is CCCC(=O)Nc1cccc(C#CCn2c(=O)n(C)c(=O)c3c2nc(S(=O)(=O)CC2CC2)n3C)c1. The first-order valence-electron chi connectivity index (χ1n) is 11.4. The Bertz CT molecular complexity index is 1600. The molecule has 3 aromatic rings. The van der Waals surface area contributed by atoms with E-state index in [9.17, 15) is 22.8 Å². The molecule has 11 heteroatoms. The predicted octanol–water partition coefficient (Wildman–Crippen LogP) is 1.41. The van der Waals surface area contributed by atoms with E-state index in [1.165, 1.54) is 23.2 Å². The first-order chi connectivity index (χ1) is 16.6. The van der Waals surface area contributed by atoms with Crippen molar-refractivity contribution in [3.63, 3.8) is 0 Å². The van der Waals surface area contributed by atoms with Crippen LogP contribution in [-0.2, 0) is 35.3 Å². The van der Waals surface area contributed by atoms with Gasteiger partial charge < -0.3 is 9.88 Å². The van der Waals surface area contributed by atoms with Crippen LogP contribution in [0.5, 0.6) is 0 Å². The van der Waals surface area contributed by atoms with Crippen molar-refractivity contribution in [1.29, 1.82) is 0 Å². The van der Waals surface area contributed by atoms with Crippen LogP contribution >= 0.6 is 0 Å². The van der Waals surface area contributed by atoms with Gasteiger partial charge in [0, 0.05) is 31.8 Å². The van der Waals surface area contributed by atoms with Gasteiger partial charge in [-0.05, 0) is 43.4 Å². The average Bonchev–Trinajstić information content (AvgIpc) is 3.53. The lowest BCUT2D eigenvalue weighted by Gasteiger charge is -2.06. The zero-order chi connectivity index (χ0) is 25.3. The lowest BCUT2D eigenvalue weighted by atomic mass is 10.2. The van der Waals surface area contributed by atoms with E-state index in [1.807, 2.05) is 6.92 Å². The summed E-state index contributed by atoms with van der Waals surface area (Å²) in [4.78, 5) is 41.7. The molecule has 0 bridgehead atoms. The third-order valence-electron chi connectivity index (χ3n) is 5.84. The van der Waals surface area contributed by atoms with Crippen molar-refractivity contribution in [2.45, 2.75) is 44.3 Å². The van der Waals surface area contributed by atoms with Crippen molar-refractivity contribution >= 4 is 32.6 Å². The molecule has 1 N–H and O–H groups in total. The Morgan fingerprint density at radius 2 is 1.94 bits per heavy atom. The zero-order valence-corrected chi connectivity index (χ0v) is 20.7. The lowest BCUT2D eigenvalue weighted by Crippen LogP contribution is -2.38. The number of rotatable bonds is 7. The van der Waals surface area contributed by atoms with Gasteiger partial charge in [-0.1, -0.05) is 24.8 Å². The highest BCUT2D eigenvalue weighted by Crippen LogP contribution is 2.32. The molecule has 2 aromatic heterocycles. The number of aryl methyl sites for hydroxylation is 1. The summed E-state index contributed by atoms with van der Waals surface area (Å²) in [6, 6.07) is 7.02. The summed E-state index contributed by atoms with van der Waals surface area (Å²) in [5.41, 5.74) is 0.0114. The maximum absolute atomic E-state index is 12.9. The van der Waals surface area contributed by atoms with E-state index in [0.717, 1.165) is 23.8 Å². The van der Waals surface area contributed by atoms with Gasteiger partial charge in [-0.15, -0.1) is 0 Å². The molecule has 1 aliphatic carbocycles. The number of imidazole rings is 1. The normalized spacial score (nSPS) is 13.5. The van der Waals surface area contributed by atoms with Crippen molar-refractivity contribution in [1.82, 2.24) is 18.7 Å². The summed E-state index contributed by atoms with van der Waals surface area (Å²) >= 11 is 0. The smallest absolute Gasteiger partial charge is 0.326 e. The van der Waals surface area contributed by atoms with Gasteiger partial charge in [-0.3, -0.25) is 18.7 Å². The zero-order valence-electron chi connectivity index (χ0n) is 19.9. The average molecular weight is 498 g/mol. The lowest BCUT2D eigenvalue weighted by molar-refractivity contribution is -0.116. The molecule has 4 rings (SSSR count). The summed E-state index contributed by atoms with van der Waals surface area (Å²) in [7, 11) is -0.911. The molecule has 1 fully saturated rings. The number of amides is 1. The van der Waals surface area contributed by atoms with Crippen LogP contribution in [0, 0.1) is 17.8 Å². The summed E-state index contributed by atoms with van der Waals surface area (Å²) in [5, 5.41) is 2.59. The number of nitrogens with one attached hydrogen (secondary N) is 1. The van der Waals surface area contributed by atoms with Gasteiger partial charge in [0.2, 0.25) is 20.9 Å². The van der Waals surface area contributed by atoms with Crippen molar-refractivity contribution in [3.05, 3.63) is 50.7 Å². The molecule has 184 valence electrons. The number of hydrogen-bond acceptors (Lipinski definition) is 6. The van der Waals surface area contributed by atoms with Gasteiger partial charge in [0.1, 0.15) is 0 Å². The minimum Gasteiger partial charge on any atom is -0.326 e. The highest BCUT2D eigenvalue weighted by Gasteiger charge is 2.33. The number of anilines is 1. The largest absolute Gasteiger partial charge is 0.333 e. The fraction of sp³-hybridized carbons (Fsp3) is 0.417. The van der Waals surface area contributed by atoms with Gasteiger partial charge in [0.15, 0.2) is 11.2 Å². The minimum atomic E-state index is -3.71. The van der Waals surface area contributed by atoms with E-state index in [4.69, 9.17) is 0 Å². The second-order valence-electron chi connectivity index (χ2n) is 8.76. The second kappa shape index (κ2) is 9.54. The number of carbonyl (C=O) groups is 1. The molecule has 0 radical (unpaired) electrons. The molecule has 10 nitrogen and oxygen atoms in total. The molecular weight excluding hydrogens is 470 g/mol. The fourth-order valence-electron chi connectivity index (χ4n) is 3.84. The second-order valence-corrected chi connectivity index (χ2v) is 10.7. The first kappa shape index (κ1) is 24.5. The van der Waals surface area contributed by atoms with E-state index in [1.54, 1.807) is 24.3 Å². The fourth-order valence-corrected chi connectivity index (χ4v) is 5.68. The molecule has 0 atom stereocenters. The van der Waals surface area contributed by atoms with Crippen LogP contribution < -0.4 is 16.6 Å². The number of fused-ring (bicyclic) bond motifs is 1. The molecule has 1 saturated carbocycles. The van der Waals surface area contributed by atoms with Gasteiger partial charge in [-0.2, -0.15) is 4.98 Å². The van der Waals surface area contributed by atoms with Crippen LogP contribution in [0.4, 0.5) is 5.69 Å². The van der Waals surface area contributed by atoms with Gasteiger partial charge in [0.05, 0.1) is 12.3 Å². The van der Waals surface area contributed by atoms with Crippen molar-refractivity contribution in [3.8, 4) is 11.8 Å². The van der Waals surface area contributed by atoms with Crippen molar-refractivity contribution in [2.75, 3.05) is 11.1 Å². The number of aromatic nitrogens is 4. The van der Waals surface area contributed by atoms with Crippen LogP contribution in [0.3, 0.4) is 0 Å². The van der Waals surface area contributed by atoms with Gasteiger partial charge >= 0.3 is 5.69 Å². The molecule has 0 saturated heterocycles. The molecule has 0 unspecified atom stereocenters. The van der Waals surface area contributed by atoms with Crippen molar-refractivity contribution < 1.29 is 13.2 Å². The third kappa shape index (κ3) is 5.07. The Hall–Kier alpha value is -3.65. The maximum Gasteiger partial charge on any atom is 0.333 e. The Balaban J connectivity index is 1.70. The predicted molar refractivity (Wildman–Crippen MR) is 132 cm³/mol. The van der Waals surface area contributed by atoms with Crippen LogP contribution in [0.15, 0.2) is 39.0 Å². The minimum absolute atomic E-state index is 0.00940. The molecule has 1 amide bonds. The molecule has 2 heterocycles. The number of sulfone groups is 1. The first-order valence-corrected chi connectivity index (χ1v) is 13.1. The summed E-state index contributed by atoms with van der Waals surface area (Å²) < 4.78 is 29.1. The van der Waals surface area contributed by atoms with Gasteiger partial charge in [0.25, 0.3) is 5.56 Å². The topological polar surface area (TPSA) is 125 Å². The summed E-state index contributed by atoms with van der Waals surface area (Å²) in [6.45, 7) is 1.82. The molecule has 1 aliphatic rings. The number of benzene rings is 1. The Morgan fingerprint density at radius 3 is 2.63 bits per heavy atom. The molecule has 0 aliphatic heterocycles. The van der Waals surface area contributed by atoms with E-state index in [2.05, 4.69) is 22.1 Å². The highest BCUT2D eigenvalue weighted by molar-refractivity contribution is 7.91. The van der Waals surface area contributed by atoms with E-state index >= 15 is 0 Å². The van der Waals surface area contributed by atoms with E-state index in [-0.39, 0.29) is 40.4 Å². The monoisotopic (exact) mass is 497 g/mol. The van der Waals surface area contributed by atoms with Crippen LogP contribution in [0.2, 0.25) is 0 Å². The van der Waals surface area contributed by atoms with Crippen molar-refractivity contribution in [2.24, 2.45) is 20.0 Å². The van der Waals surface area contributed by atoms with E-state index < -0.39 is 21.1 Å². The quantitative estimate of drug-likeness (QED) is 0.492.